The molecule has 9 nitrogen and oxygen atoms in total. The fraction of sp³-hybridized carbons (Fsp3) is 0.182. The van der Waals surface area contributed by atoms with Crippen molar-refractivity contribution in [2.24, 2.45) is 0 Å². The normalized spacial score (nSPS) is 15.2. The van der Waals surface area contributed by atoms with E-state index in [-0.39, 0.29) is 39.4 Å². The number of carboxylic acid groups (broad SMARTS) is 1. The zero-order valence-electron chi connectivity index (χ0n) is 19.3. The van der Waals surface area contributed by atoms with E-state index >= 15 is 0 Å². The summed E-state index contributed by atoms with van der Waals surface area (Å²) in [5.41, 5.74) is -3.10. The molecule has 1 aliphatic rings. The molecule has 0 atom stereocenters. The van der Waals surface area contributed by atoms with Gasteiger partial charge in [0.15, 0.2) is 0 Å². The molecule has 2 N–H and O–H groups in total. The molecule has 1 aromatic carbocycles. The highest BCUT2D eigenvalue weighted by molar-refractivity contribution is 8.26. The quantitative estimate of drug-likeness (QED) is 0.192. The number of carboxylic acids is 1. The Morgan fingerprint density at radius 2 is 1.70 bits per heavy atom. The number of carbonyl (C=O) groups is 3. The van der Waals surface area contributed by atoms with Crippen LogP contribution in [0.1, 0.15) is 33.1 Å². The Morgan fingerprint density at radius 1 is 1.05 bits per heavy atom. The van der Waals surface area contributed by atoms with E-state index in [0.717, 1.165) is 28.0 Å². The molecular formula is C22H12F6N4O5S3. The molecule has 1 saturated heterocycles. The summed E-state index contributed by atoms with van der Waals surface area (Å²) in [4.78, 5) is 37.3. The number of thiocarbonyl (C=S) groups is 1. The number of nitrogens with zero attached hydrogens (tertiary/aromatic N) is 3. The Balaban J connectivity index is 1.46. The number of alkyl halides is 6. The molecule has 4 rings (SSSR count). The van der Waals surface area contributed by atoms with Crippen molar-refractivity contribution >= 4 is 69.5 Å². The Labute approximate surface area is 232 Å². The predicted octanol–water partition coefficient (Wildman–Crippen LogP) is 5.76. The van der Waals surface area contributed by atoms with Crippen LogP contribution in [-0.4, -0.2) is 48.9 Å². The molecule has 40 heavy (non-hydrogen) atoms. The van der Waals surface area contributed by atoms with Gasteiger partial charge in [-0.15, -0.1) is 11.3 Å². The number of hydrogen-bond acceptors (Lipinski definition) is 9. The number of thioether (sulfide) groups is 1. The lowest BCUT2D eigenvalue weighted by molar-refractivity contribution is -0.143. The third-order valence-electron chi connectivity index (χ3n) is 5.10. The minimum atomic E-state index is -4.99. The lowest BCUT2D eigenvalue weighted by Gasteiger charge is -2.13. The Kier molecular flexibility index (Phi) is 8.04. The van der Waals surface area contributed by atoms with Gasteiger partial charge in [0.2, 0.25) is 5.91 Å². The van der Waals surface area contributed by atoms with Gasteiger partial charge in [0.05, 0.1) is 16.0 Å². The molecule has 1 fully saturated rings. The summed E-state index contributed by atoms with van der Waals surface area (Å²) in [6.45, 7) is -0.159. The molecule has 2 aromatic heterocycles. The number of rotatable bonds is 7. The second-order valence-electron chi connectivity index (χ2n) is 7.88. The minimum Gasteiger partial charge on any atom is -0.474 e. The predicted molar refractivity (Wildman–Crippen MR) is 134 cm³/mol. The maximum Gasteiger partial charge on any atom is 0.416 e. The number of hydrogen-bond donors (Lipinski definition) is 2. The molecule has 0 saturated carbocycles. The van der Waals surface area contributed by atoms with Crippen molar-refractivity contribution in [2.45, 2.75) is 18.8 Å². The first-order valence-corrected chi connectivity index (χ1v) is 12.7. The third-order valence-corrected chi connectivity index (χ3v) is 7.36. The first-order valence-electron chi connectivity index (χ1n) is 10.6. The van der Waals surface area contributed by atoms with Crippen LogP contribution in [0.25, 0.3) is 17.2 Å². The highest BCUT2D eigenvalue weighted by Gasteiger charge is 2.37. The van der Waals surface area contributed by atoms with Crippen molar-refractivity contribution in [1.82, 2.24) is 15.1 Å². The molecule has 1 aliphatic heterocycles. The summed E-state index contributed by atoms with van der Waals surface area (Å²) in [5.74, 6) is -3.47. The first-order chi connectivity index (χ1) is 18.6. The number of nitrogens with one attached hydrogen (secondary N) is 1. The van der Waals surface area contributed by atoms with Crippen molar-refractivity contribution in [2.75, 3.05) is 11.9 Å². The van der Waals surface area contributed by atoms with Gasteiger partial charge in [-0.1, -0.05) is 34.2 Å². The summed E-state index contributed by atoms with van der Waals surface area (Å²) in [6, 6.07) is 2.16. The number of anilines is 1. The van der Waals surface area contributed by atoms with Crippen molar-refractivity contribution in [3.8, 4) is 11.1 Å². The van der Waals surface area contributed by atoms with Crippen molar-refractivity contribution in [3.05, 3.63) is 56.4 Å². The van der Waals surface area contributed by atoms with Crippen LogP contribution >= 0.6 is 35.3 Å². The van der Waals surface area contributed by atoms with Gasteiger partial charge < -0.3 is 9.52 Å². The van der Waals surface area contributed by atoms with Gasteiger partial charge in [0.1, 0.15) is 4.32 Å². The van der Waals surface area contributed by atoms with Gasteiger partial charge in [0.25, 0.3) is 5.91 Å². The summed E-state index contributed by atoms with van der Waals surface area (Å²) < 4.78 is 84.1. The smallest absolute Gasteiger partial charge is 0.416 e. The van der Waals surface area contributed by atoms with Gasteiger partial charge in [-0.05, 0) is 46.8 Å². The number of halogens is 6. The van der Waals surface area contributed by atoms with Gasteiger partial charge >= 0.3 is 30.2 Å². The average molecular weight is 623 g/mol. The van der Waals surface area contributed by atoms with E-state index in [1.165, 1.54) is 17.5 Å². The number of benzene rings is 1. The zero-order chi connectivity index (χ0) is 29.4. The minimum absolute atomic E-state index is 0.0394. The highest BCUT2D eigenvalue weighted by atomic mass is 32.2. The maximum atomic E-state index is 13.2. The van der Waals surface area contributed by atoms with Crippen molar-refractivity contribution in [1.29, 1.82) is 0 Å². The molecule has 0 unspecified atom stereocenters. The summed E-state index contributed by atoms with van der Waals surface area (Å²) in [6.07, 6.45) is -8.87. The molecule has 0 aliphatic carbocycles. The highest BCUT2D eigenvalue weighted by Crippen LogP contribution is 2.40. The average Bonchev–Trinajstić information content (AvgIpc) is 3.57. The molecule has 18 heteroatoms. The van der Waals surface area contributed by atoms with Crippen LogP contribution in [0.5, 0.6) is 0 Å². The first kappa shape index (κ1) is 29.2. The standard InChI is InChI=1S/C22H12F6N4O5S3/c23-21(24,25)11-3-9(4-12(6-11)22(26,27)28)10-5-13(39-8-10)7-14-17(34)32(20(38)40-14)2-1-15(33)29-19-31-30-16(37-19)18(35)36/h3-8H,1-2H2,(H,35,36)(H,29,31,33)/b14-7-. The van der Waals surface area contributed by atoms with E-state index in [1.807, 2.05) is 0 Å². The number of thiophene rings is 1. The van der Waals surface area contributed by atoms with Crippen molar-refractivity contribution < 1.29 is 50.2 Å². The zero-order valence-corrected chi connectivity index (χ0v) is 21.7. The molecular weight excluding hydrogens is 610 g/mol. The van der Waals surface area contributed by atoms with Gasteiger partial charge in [-0.3, -0.25) is 19.8 Å². The molecule has 2 amide bonds. The topological polar surface area (TPSA) is 126 Å². The van der Waals surface area contributed by atoms with Crippen LogP contribution in [0.4, 0.5) is 32.4 Å². The molecule has 3 aromatic rings. The van der Waals surface area contributed by atoms with E-state index in [2.05, 4.69) is 15.5 Å². The lowest BCUT2D eigenvalue weighted by atomic mass is 10.0. The van der Waals surface area contributed by atoms with Crippen LogP contribution in [0.15, 0.2) is 39.0 Å². The molecule has 3 heterocycles. The lowest BCUT2D eigenvalue weighted by Crippen LogP contribution is -2.31. The molecule has 0 spiro atoms. The number of aromatic nitrogens is 2. The van der Waals surface area contributed by atoms with Crippen LogP contribution in [0, 0.1) is 0 Å². The second kappa shape index (κ2) is 11.0. The Morgan fingerprint density at radius 3 is 2.27 bits per heavy atom. The van der Waals surface area contributed by atoms with Gasteiger partial charge in [0, 0.05) is 17.8 Å². The second-order valence-corrected chi connectivity index (χ2v) is 10.5. The van der Waals surface area contributed by atoms with Gasteiger partial charge in [-0.2, -0.15) is 26.3 Å². The third kappa shape index (κ3) is 6.68. The van der Waals surface area contributed by atoms with E-state index in [9.17, 15) is 40.7 Å². The summed E-state index contributed by atoms with van der Waals surface area (Å²) in [5, 5.41) is 18.8. The van der Waals surface area contributed by atoms with E-state index in [0.29, 0.717) is 17.0 Å². The van der Waals surface area contributed by atoms with Crippen LogP contribution in [0.2, 0.25) is 0 Å². The Hall–Kier alpha value is -3.77. The number of aromatic carboxylic acids is 1. The fourth-order valence-electron chi connectivity index (χ4n) is 3.28. The molecule has 0 bridgehead atoms. The fourth-order valence-corrected chi connectivity index (χ4v) is 5.50. The molecule has 210 valence electrons. The van der Waals surface area contributed by atoms with Crippen LogP contribution in [0.3, 0.4) is 0 Å². The van der Waals surface area contributed by atoms with Crippen molar-refractivity contribution in [3.63, 3.8) is 0 Å². The SMILES string of the molecule is O=C(CCN1C(=O)/C(=C/c2cc(-c3cc(C(F)(F)F)cc(C(F)(F)F)c3)cs2)SC1=S)Nc1nnc(C(=O)O)o1. The summed E-state index contributed by atoms with van der Waals surface area (Å²) >= 11 is 7.07. The van der Waals surface area contributed by atoms with Gasteiger partial charge in [-0.25, -0.2) is 4.79 Å². The number of carbonyl (C=O) groups excluding carboxylic acids is 2. The Bertz CT molecular complexity index is 1510. The van der Waals surface area contributed by atoms with E-state index < -0.39 is 53.2 Å². The van der Waals surface area contributed by atoms with E-state index in [1.54, 1.807) is 0 Å². The van der Waals surface area contributed by atoms with E-state index in [4.69, 9.17) is 21.7 Å². The largest absolute Gasteiger partial charge is 0.474 e. The maximum absolute atomic E-state index is 13.2. The van der Waals surface area contributed by atoms with Crippen LogP contribution in [-0.2, 0) is 21.9 Å². The number of amides is 2. The molecule has 0 radical (unpaired) electrons. The monoisotopic (exact) mass is 622 g/mol. The summed E-state index contributed by atoms with van der Waals surface area (Å²) in [7, 11) is 0. The van der Waals surface area contributed by atoms with Crippen LogP contribution < -0.4 is 5.32 Å².